The predicted octanol–water partition coefficient (Wildman–Crippen LogP) is 4.74. The summed E-state index contributed by atoms with van der Waals surface area (Å²) in [5, 5.41) is 4.05. The summed E-state index contributed by atoms with van der Waals surface area (Å²) in [5.41, 5.74) is 1.47. The van der Waals surface area contributed by atoms with Gasteiger partial charge in [-0.15, -0.1) is 0 Å². The number of hydrogen-bond acceptors (Lipinski definition) is 5. The summed E-state index contributed by atoms with van der Waals surface area (Å²) in [6.45, 7) is 6.57. The molecule has 0 spiro atoms. The molecule has 0 saturated carbocycles. The summed E-state index contributed by atoms with van der Waals surface area (Å²) in [4.78, 5) is 19.7. The van der Waals surface area contributed by atoms with Crippen LogP contribution in [-0.2, 0) is 0 Å². The zero-order valence-corrected chi connectivity index (χ0v) is 15.8. The van der Waals surface area contributed by atoms with E-state index in [1.54, 1.807) is 0 Å². The second-order valence-corrected chi connectivity index (χ2v) is 7.27. The molecule has 1 aliphatic rings. The van der Waals surface area contributed by atoms with Crippen LogP contribution >= 0.6 is 0 Å². The molecule has 1 aliphatic heterocycles. The van der Waals surface area contributed by atoms with Crippen LogP contribution in [0.25, 0.3) is 11.3 Å². The van der Waals surface area contributed by atoms with Gasteiger partial charge in [-0.3, -0.25) is 4.79 Å². The van der Waals surface area contributed by atoms with Gasteiger partial charge in [0.05, 0.1) is 5.56 Å². The Balaban J connectivity index is 1.66. The van der Waals surface area contributed by atoms with Crippen LogP contribution in [0.2, 0.25) is 0 Å². The van der Waals surface area contributed by atoms with Crippen molar-refractivity contribution < 1.29 is 13.7 Å². The summed E-state index contributed by atoms with van der Waals surface area (Å²) in [7, 11) is 0. The van der Waals surface area contributed by atoms with Crippen molar-refractivity contribution in [1.82, 2.24) is 15.0 Å². The van der Waals surface area contributed by atoms with Crippen molar-refractivity contribution in [3.63, 3.8) is 0 Å². The molecule has 6 heteroatoms. The third-order valence-electron chi connectivity index (χ3n) is 4.89. The van der Waals surface area contributed by atoms with Crippen LogP contribution in [-0.4, -0.2) is 27.5 Å². The summed E-state index contributed by atoms with van der Waals surface area (Å²) >= 11 is 0. The Morgan fingerprint density at radius 3 is 2.74 bits per heavy atom. The lowest BCUT2D eigenvalue weighted by Gasteiger charge is -2.21. The Morgan fingerprint density at radius 1 is 1.26 bits per heavy atom. The minimum Gasteiger partial charge on any atom is -0.461 e. The number of benzene rings is 1. The molecule has 140 valence electrons. The van der Waals surface area contributed by atoms with Gasteiger partial charge in [0.2, 0.25) is 5.89 Å². The molecule has 6 nitrogen and oxygen atoms in total. The van der Waals surface area contributed by atoms with Crippen molar-refractivity contribution in [2.45, 2.75) is 45.6 Å². The Hall–Kier alpha value is -2.89. The van der Waals surface area contributed by atoms with E-state index in [1.807, 2.05) is 62.1 Å². The molecule has 3 aromatic rings. The summed E-state index contributed by atoms with van der Waals surface area (Å²) in [6, 6.07) is 11.3. The van der Waals surface area contributed by atoms with Crippen LogP contribution in [0.5, 0.6) is 0 Å². The zero-order valence-electron chi connectivity index (χ0n) is 15.8. The number of aryl methyl sites for hydroxylation is 1. The van der Waals surface area contributed by atoms with Crippen molar-refractivity contribution in [3.05, 3.63) is 59.4 Å². The van der Waals surface area contributed by atoms with Crippen molar-refractivity contribution >= 4 is 5.91 Å². The molecule has 1 atom stereocenters. The third kappa shape index (κ3) is 3.27. The molecule has 1 saturated heterocycles. The average molecular weight is 365 g/mol. The number of nitrogens with zero attached hydrogens (tertiary/aromatic N) is 3. The summed E-state index contributed by atoms with van der Waals surface area (Å²) in [5.74, 6) is 2.65. The highest BCUT2D eigenvalue weighted by molar-refractivity contribution is 6.00. The first-order chi connectivity index (χ1) is 13.0. The highest BCUT2D eigenvalue weighted by Crippen LogP contribution is 2.35. The number of rotatable bonds is 4. The van der Waals surface area contributed by atoms with E-state index in [-0.39, 0.29) is 17.9 Å². The van der Waals surface area contributed by atoms with Crippen LogP contribution in [0.15, 0.2) is 45.3 Å². The number of furan rings is 1. The maximum absolute atomic E-state index is 13.4. The molecular weight excluding hydrogens is 342 g/mol. The molecule has 1 amide bonds. The molecule has 3 heterocycles. The highest BCUT2D eigenvalue weighted by Gasteiger charge is 2.36. The molecule has 1 aromatic carbocycles. The van der Waals surface area contributed by atoms with Gasteiger partial charge in [-0.25, -0.2) is 0 Å². The molecule has 2 aromatic heterocycles. The molecule has 0 radical (unpaired) electrons. The molecule has 0 unspecified atom stereocenters. The summed E-state index contributed by atoms with van der Waals surface area (Å²) < 4.78 is 11.3. The predicted molar refractivity (Wildman–Crippen MR) is 100 cm³/mol. The first kappa shape index (κ1) is 17.5. The lowest BCUT2D eigenvalue weighted by Crippen LogP contribution is -2.30. The van der Waals surface area contributed by atoms with Gasteiger partial charge in [-0.2, -0.15) is 4.98 Å². The topological polar surface area (TPSA) is 72.4 Å². The fraction of sp³-hybridized carbons (Fsp3) is 0.381. The van der Waals surface area contributed by atoms with Crippen LogP contribution in [0.4, 0.5) is 0 Å². The van der Waals surface area contributed by atoms with Crippen molar-refractivity contribution in [2.75, 3.05) is 6.54 Å². The number of amides is 1. The first-order valence-electron chi connectivity index (χ1n) is 9.35. The molecule has 27 heavy (non-hydrogen) atoms. The molecule has 0 N–H and O–H groups in total. The molecule has 0 aliphatic carbocycles. The van der Waals surface area contributed by atoms with E-state index >= 15 is 0 Å². The van der Waals surface area contributed by atoms with Crippen molar-refractivity contribution in [1.29, 1.82) is 0 Å². The van der Waals surface area contributed by atoms with Gasteiger partial charge in [0.15, 0.2) is 5.82 Å². The fourth-order valence-corrected chi connectivity index (χ4v) is 3.52. The van der Waals surface area contributed by atoms with Gasteiger partial charge in [0.1, 0.15) is 17.6 Å². The average Bonchev–Trinajstić information content (AvgIpc) is 3.40. The zero-order chi connectivity index (χ0) is 19.0. The minimum absolute atomic E-state index is 0.0579. The highest BCUT2D eigenvalue weighted by atomic mass is 16.5. The largest absolute Gasteiger partial charge is 0.461 e. The first-order valence-corrected chi connectivity index (χ1v) is 9.35. The summed E-state index contributed by atoms with van der Waals surface area (Å²) in [6.07, 6.45) is 1.73. The third-order valence-corrected chi connectivity index (χ3v) is 4.89. The minimum atomic E-state index is -0.184. The Labute approximate surface area is 158 Å². The van der Waals surface area contributed by atoms with E-state index in [4.69, 9.17) is 8.94 Å². The normalized spacial score (nSPS) is 17.0. The molecule has 0 bridgehead atoms. The number of carbonyl (C=O) groups is 1. The number of likely N-dealkylation sites (tertiary alicyclic amines) is 1. The van der Waals surface area contributed by atoms with Crippen molar-refractivity contribution in [2.24, 2.45) is 0 Å². The van der Waals surface area contributed by atoms with Gasteiger partial charge in [-0.05, 0) is 25.8 Å². The maximum atomic E-state index is 13.4. The Morgan fingerprint density at radius 2 is 2.04 bits per heavy atom. The molecular formula is C21H23N3O3. The van der Waals surface area contributed by atoms with Gasteiger partial charge in [0.25, 0.3) is 5.91 Å². The van der Waals surface area contributed by atoms with Gasteiger partial charge < -0.3 is 13.8 Å². The SMILES string of the molecule is Cc1cc(C(=O)N2CCC[C@H]2c2nc(C(C)C)no2)c(-c2ccccc2)o1. The van der Waals surface area contributed by atoms with E-state index in [9.17, 15) is 4.79 Å². The van der Waals surface area contributed by atoms with Crippen LogP contribution in [0.3, 0.4) is 0 Å². The number of carbonyl (C=O) groups excluding carboxylic acids is 1. The van der Waals surface area contributed by atoms with Gasteiger partial charge in [0, 0.05) is 18.0 Å². The number of hydrogen-bond donors (Lipinski definition) is 0. The lowest BCUT2D eigenvalue weighted by atomic mass is 10.1. The van der Waals surface area contributed by atoms with Gasteiger partial charge in [-0.1, -0.05) is 49.3 Å². The molecule has 4 rings (SSSR count). The van der Waals surface area contributed by atoms with E-state index in [0.717, 1.165) is 18.4 Å². The van der Waals surface area contributed by atoms with E-state index < -0.39 is 0 Å². The van der Waals surface area contributed by atoms with E-state index in [0.29, 0.717) is 35.3 Å². The lowest BCUT2D eigenvalue weighted by molar-refractivity contribution is 0.0710. The Bertz CT molecular complexity index is 943. The van der Waals surface area contributed by atoms with Gasteiger partial charge >= 0.3 is 0 Å². The monoisotopic (exact) mass is 365 g/mol. The van der Waals surface area contributed by atoms with Crippen molar-refractivity contribution in [3.8, 4) is 11.3 Å². The van der Waals surface area contributed by atoms with E-state index in [1.165, 1.54) is 0 Å². The second-order valence-electron chi connectivity index (χ2n) is 7.27. The molecule has 1 fully saturated rings. The maximum Gasteiger partial charge on any atom is 0.258 e. The quantitative estimate of drug-likeness (QED) is 0.668. The second kappa shape index (κ2) is 7.02. The Kier molecular flexibility index (Phi) is 4.56. The van der Waals surface area contributed by atoms with Crippen LogP contribution < -0.4 is 0 Å². The van der Waals surface area contributed by atoms with E-state index in [2.05, 4.69) is 10.1 Å². The van der Waals surface area contributed by atoms with Crippen LogP contribution in [0.1, 0.15) is 66.5 Å². The fourth-order valence-electron chi connectivity index (χ4n) is 3.52. The van der Waals surface area contributed by atoms with Crippen LogP contribution in [0, 0.1) is 6.92 Å². The smallest absolute Gasteiger partial charge is 0.258 e. The standard InChI is InChI=1S/C21H23N3O3/c1-13(2)19-22-20(27-23-19)17-10-7-11-24(17)21(25)16-12-14(3)26-18(16)15-8-5-4-6-9-15/h4-6,8-9,12-13,17H,7,10-11H2,1-3H3/t17-/m0/s1. The number of aromatic nitrogens is 2.